The summed E-state index contributed by atoms with van der Waals surface area (Å²) < 4.78 is 16.6. The number of rotatable bonds is 9. The fraction of sp³-hybridized carbons (Fsp3) is 0.393. The van der Waals surface area contributed by atoms with Crippen LogP contribution in [0.2, 0.25) is 5.02 Å². The molecule has 2 aromatic carbocycles. The van der Waals surface area contributed by atoms with Crippen LogP contribution in [0.15, 0.2) is 65.3 Å². The molecule has 1 amide bonds. The van der Waals surface area contributed by atoms with Crippen LogP contribution in [0.25, 0.3) is 0 Å². The minimum Gasteiger partial charge on any atom is -0.496 e. The van der Waals surface area contributed by atoms with Crippen LogP contribution in [-0.4, -0.2) is 56.1 Å². The van der Waals surface area contributed by atoms with Crippen molar-refractivity contribution in [2.24, 2.45) is 5.92 Å². The van der Waals surface area contributed by atoms with E-state index in [0.717, 1.165) is 60.1 Å². The van der Waals surface area contributed by atoms with Gasteiger partial charge in [0, 0.05) is 24.7 Å². The number of hydrogen-bond donors (Lipinski definition) is 0. The molecule has 1 saturated heterocycles. The minimum atomic E-state index is -0.103. The topological polar surface area (TPSA) is 55.2 Å². The van der Waals surface area contributed by atoms with E-state index in [2.05, 4.69) is 4.90 Å². The molecule has 0 aliphatic carbocycles. The molecule has 0 unspecified atom stereocenters. The van der Waals surface area contributed by atoms with Crippen LogP contribution >= 0.6 is 11.6 Å². The first-order valence-corrected chi connectivity index (χ1v) is 12.4. The Morgan fingerprint density at radius 1 is 1.06 bits per heavy atom. The molecule has 2 heterocycles. The zero-order valence-electron chi connectivity index (χ0n) is 20.6. The maximum absolute atomic E-state index is 13.2. The van der Waals surface area contributed by atoms with Crippen molar-refractivity contribution in [3.63, 3.8) is 0 Å². The summed E-state index contributed by atoms with van der Waals surface area (Å²) in [5, 5.41) is 0.733. The first-order chi connectivity index (χ1) is 17.0. The van der Waals surface area contributed by atoms with Gasteiger partial charge in [-0.2, -0.15) is 0 Å². The molecule has 0 spiro atoms. The summed E-state index contributed by atoms with van der Waals surface area (Å²) >= 11 is 6.51. The number of nitrogens with zero attached hydrogens (tertiary/aromatic N) is 2. The van der Waals surface area contributed by atoms with Crippen molar-refractivity contribution < 1.29 is 18.7 Å². The van der Waals surface area contributed by atoms with E-state index in [9.17, 15) is 4.79 Å². The number of carbonyl (C=O) groups excluding carboxylic acids is 1. The number of halogens is 1. The van der Waals surface area contributed by atoms with Gasteiger partial charge in [-0.25, -0.2) is 0 Å². The van der Waals surface area contributed by atoms with Crippen LogP contribution in [-0.2, 0) is 13.0 Å². The van der Waals surface area contributed by atoms with E-state index in [1.54, 1.807) is 26.4 Å². The maximum Gasteiger partial charge on any atom is 0.289 e. The highest BCUT2D eigenvalue weighted by atomic mass is 35.5. The molecule has 6 nitrogen and oxygen atoms in total. The van der Waals surface area contributed by atoms with Crippen molar-refractivity contribution in [1.82, 2.24) is 9.80 Å². The normalized spacial score (nSPS) is 15.5. The highest BCUT2D eigenvalue weighted by Gasteiger charge is 2.33. The third-order valence-electron chi connectivity index (χ3n) is 7.02. The Kier molecular flexibility index (Phi) is 8.37. The lowest BCUT2D eigenvalue weighted by Gasteiger charge is -2.40. The van der Waals surface area contributed by atoms with E-state index in [-0.39, 0.29) is 11.9 Å². The van der Waals surface area contributed by atoms with Crippen LogP contribution in [0.5, 0.6) is 11.5 Å². The van der Waals surface area contributed by atoms with E-state index in [1.165, 1.54) is 6.26 Å². The number of ether oxygens (including phenoxy) is 2. The number of carbonyl (C=O) groups is 1. The third kappa shape index (κ3) is 5.82. The van der Waals surface area contributed by atoms with Crippen molar-refractivity contribution in [1.29, 1.82) is 0 Å². The van der Waals surface area contributed by atoms with E-state index < -0.39 is 0 Å². The van der Waals surface area contributed by atoms with Crippen molar-refractivity contribution in [3.8, 4) is 11.5 Å². The van der Waals surface area contributed by atoms with Crippen molar-refractivity contribution >= 4 is 17.5 Å². The predicted octanol–water partition coefficient (Wildman–Crippen LogP) is 5.55. The van der Waals surface area contributed by atoms with E-state index in [0.29, 0.717) is 18.1 Å². The van der Waals surface area contributed by atoms with Gasteiger partial charge in [0.2, 0.25) is 0 Å². The minimum absolute atomic E-state index is 0.00967. The SMILES string of the molecule is COc1cccc(OC)c1CN1CCC([C@@H](Cc2ccccc2Cl)N(C)C(=O)c2ccco2)CC1. The van der Waals surface area contributed by atoms with Gasteiger partial charge in [0.05, 0.1) is 26.0 Å². The second-order valence-electron chi connectivity index (χ2n) is 9.01. The number of benzene rings is 2. The second kappa shape index (κ2) is 11.6. The first-order valence-electron chi connectivity index (χ1n) is 12.0. The number of hydrogen-bond acceptors (Lipinski definition) is 5. The Morgan fingerprint density at radius 2 is 1.74 bits per heavy atom. The lowest BCUT2D eigenvalue weighted by molar-refractivity contribution is 0.0555. The maximum atomic E-state index is 13.2. The fourth-order valence-corrected chi connectivity index (χ4v) is 5.25. The standard InChI is InChI=1S/C28H33ClN2O4/c1-30(28(32)27-12-7-17-35-27)24(18-21-8-4-5-9-23(21)29)20-13-15-31(16-14-20)19-22-25(33-2)10-6-11-26(22)34-3/h4-12,17,20,24H,13-16,18-19H2,1-3H3/t24-/m1/s1. The summed E-state index contributed by atoms with van der Waals surface area (Å²) in [5.41, 5.74) is 2.12. The molecule has 35 heavy (non-hydrogen) atoms. The first kappa shape index (κ1) is 25.1. The van der Waals surface area contributed by atoms with Crippen LogP contribution in [0, 0.1) is 5.92 Å². The molecule has 0 saturated carbocycles. The number of amides is 1. The van der Waals surface area contributed by atoms with Crippen molar-refractivity contribution in [3.05, 3.63) is 82.8 Å². The number of furan rings is 1. The number of piperidine rings is 1. The van der Waals surface area contributed by atoms with E-state index in [4.69, 9.17) is 25.5 Å². The molecular weight excluding hydrogens is 464 g/mol. The van der Waals surface area contributed by atoms with Crippen LogP contribution < -0.4 is 9.47 Å². The Labute approximate surface area is 212 Å². The monoisotopic (exact) mass is 496 g/mol. The molecule has 0 N–H and O–H groups in total. The molecule has 1 aliphatic heterocycles. The zero-order chi connectivity index (χ0) is 24.8. The molecule has 1 aliphatic rings. The molecule has 1 fully saturated rings. The number of likely N-dealkylation sites (N-methyl/N-ethyl adjacent to an activating group) is 1. The van der Waals surface area contributed by atoms with Gasteiger partial charge in [0.25, 0.3) is 5.91 Å². The van der Waals surface area contributed by atoms with Gasteiger partial charge in [-0.15, -0.1) is 0 Å². The van der Waals surface area contributed by atoms with Crippen molar-refractivity contribution in [2.75, 3.05) is 34.4 Å². The lowest BCUT2D eigenvalue weighted by atomic mass is 9.84. The Morgan fingerprint density at radius 3 is 2.34 bits per heavy atom. The molecule has 1 atom stereocenters. The van der Waals surface area contributed by atoms with Gasteiger partial charge in [0.15, 0.2) is 5.76 Å². The molecule has 4 rings (SSSR count). The summed E-state index contributed by atoms with van der Waals surface area (Å²) in [7, 11) is 5.25. The fourth-order valence-electron chi connectivity index (χ4n) is 5.04. The molecule has 0 radical (unpaired) electrons. The average molecular weight is 497 g/mol. The highest BCUT2D eigenvalue weighted by Crippen LogP contribution is 2.33. The molecule has 0 bridgehead atoms. The van der Waals surface area contributed by atoms with Gasteiger partial charge in [-0.1, -0.05) is 35.9 Å². The predicted molar refractivity (Wildman–Crippen MR) is 137 cm³/mol. The van der Waals surface area contributed by atoms with Gasteiger partial charge >= 0.3 is 0 Å². The summed E-state index contributed by atoms with van der Waals surface area (Å²) in [6.07, 6.45) is 4.19. The van der Waals surface area contributed by atoms with Crippen molar-refractivity contribution in [2.45, 2.75) is 31.8 Å². The van der Waals surface area contributed by atoms with Gasteiger partial charge in [-0.05, 0) is 74.2 Å². The molecule has 7 heteroatoms. The summed E-state index contributed by atoms with van der Waals surface area (Å²) in [5.74, 6) is 2.27. The second-order valence-corrected chi connectivity index (χ2v) is 9.42. The van der Waals surface area contributed by atoms with Gasteiger partial charge in [0.1, 0.15) is 11.5 Å². The molecular formula is C28H33ClN2O4. The average Bonchev–Trinajstić information content (AvgIpc) is 3.43. The van der Waals surface area contributed by atoms with Crippen LogP contribution in [0.4, 0.5) is 0 Å². The van der Waals surface area contributed by atoms with E-state index in [1.807, 2.05) is 54.4 Å². The Hall–Kier alpha value is -2.96. The van der Waals surface area contributed by atoms with Gasteiger partial charge < -0.3 is 18.8 Å². The third-order valence-corrected chi connectivity index (χ3v) is 7.39. The summed E-state index contributed by atoms with van der Waals surface area (Å²) in [6, 6.07) is 17.2. The largest absolute Gasteiger partial charge is 0.496 e. The van der Waals surface area contributed by atoms with Crippen LogP contribution in [0.1, 0.15) is 34.5 Å². The summed E-state index contributed by atoms with van der Waals surface area (Å²) in [6.45, 7) is 2.61. The Balaban J connectivity index is 1.49. The smallest absolute Gasteiger partial charge is 0.289 e. The van der Waals surface area contributed by atoms with E-state index >= 15 is 0 Å². The highest BCUT2D eigenvalue weighted by molar-refractivity contribution is 6.31. The number of methoxy groups -OCH3 is 2. The quantitative estimate of drug-likeness (QED) is 0.389. The Bertz CT molecular complexity index is 1090. The molecule has 186 valence electrons. The van der Waals surface area contributed by atoms with Gasteiger partial charge in [-0.3, -0.25) is 9.69 Å². The number of likely N-dealkylation sites (tertiary alicyclic amines) is 1. The lowest BCUT2D eigenvalue weighted by Crippen LogP contribution is -2.47. The zero-order valence-corrected chi connectivity index (χ0v) is 21.3. The van der Waals surface area contributed by atoms with Crippen LogP contribution in [0.3, 0.4) is 0 Å². The molecule has 1 aromatic heterocycles. The summed E-state index contributed by atoms with van der Waals surface area (Å²) in [4.78, 5) is 17.4. The molecule has 3 aromatic rings.